The van der Waals surface area contributed by atoms with Gasteiger partial charge in [-0.1, -0.05) is 35.3 Å². The fourth-order valence-corrected chi connectivity index (χ4v) is 2.53. The lowest BCUT2D eigenvalue weighted by atomic mass is 10.1. The first kappa shape index (κ1) is 19.1. The van der Waals surface area contributed by atoms with Crippen molar-refractivity contribution in [3.63, 3.8) is 0 Å². The van der Waals surface area contributed by atoms with E-state index in [-0.39, 0.29) is 22.0 Å². The third-order valence-corrected chi connectivity index (χ3v) is 4.26. The maximum absolute atomic E-state index is 12.9. The quantitative estimate of drug-likeness (QED) is 0.633. The molecule has 2 rings (SSSR count). The van der Waals surface area contributed by atoms with E-state index in [0.717, 1.165) is 9.13 Å². The Hall–Kier alpha value is -2.25. The van der Waals surface area contributed by atoms with Crippen LogP contribution in [0.1, 0.15) is 25.8 Å². The minimum atomic E-state index is -0.725. The third-order valence-electron chi connectivity index (χ3n) is 3.53. The summed E-state index contributed by atoms with van der Waals surface area (Å²) in [6.45, 7) is 3.80. The molecule has 0 saturated heterocycles. The lowest BCUT2D eigenvalue weighted by molar-refractivity contribution is 0.158. The number of aromatic nitrogens is 2. The highest BCUT2D eigenvalue weighted by atomic mass is 35.5. The van der Waals surface area contributed by atoms with E-state index in [1.807, 2.05) is 0 Å². The Morgan fingerprint density at radius 3 is 2.48 bits per heavy atom. The summed E-state index contributed by atoms with van der Waals surface area (Å²) < 4.78 is 1.85. The predicted molar refractivity (Wildman–Crippen MR) is 97.4 cm³/mol. The summed E-state index contributed by atoms with van der Waals surface area (Å²) >= 11 is 11.9. The molecule has 9 heteroatoms. The van der Waals surface area contributed by atoms with Crippen LogP contribution in [-0.4, -0.2) is 26.6 Å². The minimum Gasteiger partial charge on any atom is -0.494 e. The fourth-order valence-electron chi connectivity index (χ4n) is 2.24. The Morgan fingerprint density at radius 1 is 1.24 bits per heavy atom. The minimum absolute atomic E-state index is 0.107. The highest BCUT2D eigenvalue weighted by Gasteiger charge is 2.22. The molecule has 0 radical (unpaired) electrons. The van der Waals surface area contributed by atoms with E-state index >= 15 is 0 Å². The summed E-state index contributed by atoms with van der Waals surface area (Å²) in [4.78, 5) is 30.4. The molecular formula is C16H17Cl2N3O4. The largest absolute Gasteiger partial charge is 0.494 e. The van der Waals surface area contributed by atoms with E-state index in [1.165, 1.54) is 25.2 Å². The number of benzene rings is 1. The van der Waals surface area contributed by atoms with E-state index in [2.05, 4.69) is 5.16 Å². The number of hydrogen-bond acceptors (Lipinski definition) is 5. The molecule has 0 atom stereocenters. The van der Waals surface area contributed by atoms with Crippen molar-refractivity contribution < 1.29 is 9.94 Å². The number of aromatic hydroxyl groups is 1. The average Bonchev–Trinajstić information content (AvgIpc) is 2.59. The molecule has 0 fully saturated rings. The molecule has 0 spiro atoms. The van der Waals surface area contributed by atoms with E-state index in [9.17, 15) is 14.7 Å². The van der Waals surface area contributed by atoms with Crippen LogP contribution in [0, 0.1) is 0 Å². The first-order valence-corrected chi connectivity index (χ1v) is 8.28. The predicted octanol–water partition coefficient (Wildman–Crippen LogP) is 2.70. The van der Waals surface area contributed by atoms with Crippen molar-refractivity contribution in [1.82, 2.24) is 9.13 Å². The van der Waals surface area contributed by atoms with Crippen LogP contribution in [0.15, 0.2) is 32.9 Å². The molecule has 1 aromatic heterocycles. The fraction of sp³-hybridized carbons (Fsp3) is 0.312. The van der Waals surface area contributed by atoms with Gasteiger partial charge in [-0.2, -0.15) is 0 Å². The van der Waals surface area contributed by atoms with Crippen molar-refractivity contribution in [1.29, 1.82) is 0 Å². The van der Waals surface area contributed by atoms with E-state index in [0.29, 0.717) is 18.1 Å². The van der Waals surface area contributed by atoms with Gasteiger partial charge in [-0.3, -0.25) is 9.36 Å². The lowest BCUT2D eigenvalue weighted by Crippen LogP contribution is -2.40. The first-order chi connectivity index (χ1) is 11.8. The van der Waals surface area contributed by atoms with Crippen LogP contribution in [-0.2, 0) is 11.9 Å². The van der Waals surface area contributed by atoms with Crippen LogP contribution < -0.4 is 11.2 Å². The van der Waals surface area contributed by atoms with Crippen LogP contribution in [0.3, 0.4) is 0 Å². The van der Waals surface area contributed by atoms with E-state index < -0.39 is 17.1 Å². The lowest BCUT2D eigenvalue weighted by Gasteiger charge is -2.14. The van der Waals surface area contributed by atoms with Gasteiger partial charge < -0.3 is 9.94 Å². The maximum atomic E-state index is 12.9. The molecule has 0 aliphatic carbocycles. The molecule has 0 amide bonds. The second-order valence-corrected chi connectivity index (χ2v) is 5.90. The Kier molecular flexibility index (Phi) is 5.92. The van der Waals surface area contributed by atoms with Gasteiger partial charge in [-0.15, -0.1) is 0 Å². The van der Waals surface area contributed by atoms with Crippen LogP contribution >= 0.6 is 23.2 Å². The van der Waals surface area contributed by atoms with Gasteiger partial charge in [0, 0.05) is 7.05 Å². The number of nitrogens with zero attached hydrogens (tertiary/aromatic N) is 3. The number of hydrogen-bond donors (Lipinski definition) is 1. The summed E-state index contributed by atoms with van der Waals surface area (Å²) in [6, 6.07) is 4.37. The molecule has 25 heavy (non-hydrogen) atoms. The van der Waals surface area contributed by atoms with Crippen LogP contribution in [0.25, 0.3) is 5.69 Å². The van der Waals surface area contributed by atoms with Gasteiger partial charge in [0.15, 0.2) is 0 Å². The standard InChI is InChI=1S/C16H17Cl2N3O4/c1-4-12(19-25-5-2)13-14(22)20(3)16(24)21(15(13)23)9-6-7-10(17)11(18)8-9/h6-8,22H,4-5H2,1-3H3. The molecule has 0 unspecified atom stereocenters. The molecule has 0 aliphatic heterocycles. The zero-order chi connectivity index (χ0) is 18.7. The van der Waals surface area contributed by atoms with Gasteiger partial charge in [0.2, 0.25) is 5.88 Å². The van der Waals surface area contributed by atoms with Crippen molar-refractivity contribution in [3.8, 4) is 11.6 Å². The van der Waals surface area contributed by atoms with Crippen LogP contribution in [0.5, 0.6) is 5.88 Å². The molecule has 0 bridgehead atoms. The Balaban J connectivity index is 2.85. The molecule has 2 aromatic rings. The Morgan fingerprint density at radius 2 is 1.92 bits per heavy atom. The third kappa shape index (κ3) is 3.57. The highest BCUT2D eigenvalue weighted by molar-refractivity contribution is 6.42. The monoisotopic (exact) mass is 385 g/mol. The smallest absolute Gasteiger partial charge is 0.338 e. The molecule has 1 aromatic carbocycles. The zero-order valence-electron chi connectivity index (χ0n) is 13.9. The van der Waals surface area contributed by atoms with Crippen molar-refractivity contribution in [2.45, 2.75) is 20.3 Å². The van der Waals surface area contributed by atoms with Crippen LogP contribution in [0.2, 0.25) is 10.0 Å². The maximum Gasteiger partial charge on any atom is 0.338 e. The topological polar surface area (TPSA) is 85.8 Å². The molecule has 7 nitrogen and oxygen atoms in total. The summed E-state index contributed by atoms with van der Waals surface area (Å²) in [5, 5.41) is 14.7. The Bertz CT molecular complexity index is 948. The van der Waals surface area contributed by atoms with Gasteiger partial charge >= 0.3 is 5.69 Å². The molecular weight excluding hydrogens is 369 g/mol. The van der Waals surface area contributed by atoms with Gasteiger partial charge in [-0.05, 0) is 31.5 Å². The average molecular weight is 386 g/mol. The van der Waals surface area contributed by atoms with Crippen molar-refractivity contribution in [2.75, 3.05) is 6.61 Å². The molecule has 1 N–H and O–H groups in total. The second kappa shape index (κ2) is 7.76. The molecule has 134 valence electrons. The zero-order valence-corrected chi connectivity index (χ0v) is 15.4. The highest BCUT2D eigenvalue weighted by Crippen LogP contribution is 2.24. The van der Waals surface area contributed by atoms with Crippen molar-refractivity contribution in [3.05, 3.63) is 54.6 Å². The van der Waals surface area contributed by atoms with E-state index in [4.69, 9.17) is 28.0 Å². The van der Waals surface area contributed by atoms with Gasteiger partial charge in [-0.25, -0.2) is 9.36 Å². The first-order valence-electron chi connectivity index (χ1n) is 7.53. The second-order valence-electron chi connectivity index (χ2n) is 5.09. The summed E-state index contributed by atoms with van der Waals surface area (Å²) in [5.41, 5.74) is -1.10. The van der Waals surface area contributed by atoms with Crippen LogP contribution in [0.4, 0.5) is 0 Å². The number of oxime groups is 1. The Labute approximate surface area is 153 Å². The van der Waals surface area contributed by atoms with Crippen molar-refractivity contribution in [2.24, 2.45) is 12.2 Å². The number of rotatable bonds is 5. The number of halogens is 2. The van der Waals surface area contributed by atoms with Gasteiger partial charge in [0.1, 0.15) is 12.2 Å². The van der Waals surface area contributed by atoms with E-state index in [1.54, 1.807) is 13.8 Å². The van der Waals surface area contributed by atoms with Crippen molar-refractivity contribution >= 4 is 28.9 Å². The van der Waals surface area contributed by atoms with Gasteiger partial charge in [0.05, 0.1) is 21.4 Å². The normalized spacial score (nSPS) is 11.6. The SMILES string of the molecule is CCON=C(CC)c1c(O)n(C)c(=O)n(-c2ccc(Cl)c(Cl)c2)c1=O. The molecule has 0 aliphatic rings. The summed E-state index contributed by atoms with van der Waals surface area (Å²) in [6.07, 6.45) is 0.322. The summed E-state index contributed by atoms with van der Waals surface area (Å²) in [7, 11) is 1.35. The summed E-state index contributed by atoms with van der Waals surface area (Å²) in [5.74, 6) is -0.480. The van der Waals surface area contributed by atoms with Gasteiger partial charge in [0.25, 0.3) is 5.56 Å². The molecule has 0 saturated carbocycles. The molecule has 1 heterocycles.